The number of ether oxygens (including phenoxy) is 1. The SMILES string of the molecule is CN(C)C(=O)Oc1ccc2c(CN3CCC3)c(Cc3ccnc(NS(=O)(=O)C4CC4)c3F)c(=O)oc2c1. The summed E-state index contributed by atoms with van der Waals surface area (Å²) in [4.78, 5) is 32.4. The van der Waals surface area contributed by atoms with E-state index in [9.17, 15) is 18.0 Å². The molecule has 1 aliphatic heterocycles. The summed E-state index contributed by atoms with van der Waals surface area (Å²) in [6.45, 7) is 2.20. The number of rotatable bonds is 8. The highest BCUT2D eigenvalue weighted by Gasteiger charge is 2.36. The van der Waals surface area contributed by atoms with Crippen LogP contribution in [0.15, 0.2) is 39.7 Å². The number of carbonyl (C=O) groups is 1. The summed E-state index contributed by atoms with van der Waals surface area (Å²) in [5.41, 5.74) is 0.694. The van der Waals surface area contributed by atoms with E-state index in [1.165, 1.54) is 23.2 Å². The number of amides is 1. The highest BCUT2D eigenvalue weighted by molar-refractivity contribution is 7.93. The Kier molecular flexibility index (Phi) is 6.63. The van der Waals surface area contributed by atoms with E-state index >= 15 is 4.39 Å². The quantitative estimate of drug-likeness (QED) is 0.441. The van der Waals surface area contributed by atoms with Crippen LogP contribution in [0.1, 0.15) is 36.0 Å². The summed E-state index contributed by atoms with van der Waals surface area (Å²) in [5.74, 6) is -0.983. The molecule has 3 heterocycles. The fourth-order valence-corrected chi connectivity index (χ4v) is 5.48. The second-order valence-corrected chi connectivity index (χ2v) is 11.5. The van der Waals surface area contributed by atoms with Crippen molar-refractivity contribution >= 4 is 32.9 Å². The van der Waals surface area contributed by atoms with Crippen LogP contribution in [0.4, 0.5) is 15.0 Å². The van der Waals surface area contributed by atoms with Gasteiger partial charge in [-0.2, -0.15) is 0 Å². The van der Waals surface area contributed by atoms with Gasteiger partial charge >= 0.3 is 11.7 Å². The number of likely N-dealkylation sites (tertiary alicyclic amines) is 1. The number of aromatic nitrogens is 1. The van der Waals surface area contributed by atoms with Crippen LogP contribution in [0.2, 0.25) is 0 Å². The van der Waals surface area contributed by atoms with E-state index in [1.807, 2.05) is 0 Å². The normalized spacial score (nSPS) is 15.9. The van der Waals surface area contributed by atoms with Crippen LogP contribution in [-0.2, 0) is 23.0 Å². The summed E-state index contributed by atoms with van der Waals surface area (Å²) in [7, 11) is -0.592. The van der Waals surface area contributed by atoms with Crippen molar-refractivity contribution in [1.82, 2.24) is 14.8 Å². The molecule has 2 fully saturated rings. The Labute approximate surface area is 213 Å². The molecule has 0 atom stereocenters. The Morgan fingerprint density at radius 3 is 2.65 bits per heavy atom. The van der Waals surface area contributed by atoms with Crippen molar-refractivity contribution < 1.29 is 26.8 Å². The van der Waals surface area contributed by atoms with Gasteiger partial charge in [0.1, 0.15) is 11.3 Å². The van der Waals surface area contributed by atoms with E-state index in [1.54, 1.807) is 26.2 Å². The lowest BCUT2D eigenvalue weighted by Gasteiger charge is -2.31. The maximum atomic E-state index is 15.3. The van der Waals surface area contributed by atoms with Crippen molar-refractivity contribution in [2.45, 2.75) is 37.5 Å². The molecule has 1 saturated carbocycles. The first kappa shape index (κ1) is 25.2. The van der Waals surface area contributed by atoms with Crippen molar-refractivity contribution in [2.24, 2.45) is 0 Å². The van der Waals surface area contributed by atoms with E-state index in [4.69, 9.17) is 9.15 Å². The maximum Gasteiger partial charge on any atom is 0.414 e. The second-order valence-electron chi connectivity index (χ2n) is 9.55. The summed E-state index contributed by atoms with van der Waals surface area (Å²) in [6, 6.07) is 6.24. The number of pyridine rings is 1. The first-order chi connectivity index (χ1) is 17.6. The highest BCUT2D eigenvalue weighted by atomic mass is 32.2. The van der Waals surface area contributed by atoms with Gasteiger partial charge in [-0.05, 0) is 61.7 Å². The smallest absolute Gasteiger partial charge is 0.414 e. The van der Waals surface area contributed by atoms with Crippen molar-refractivity contribution in [3.8, 4) is 5.75 Å². The summed E-state index contributed by atoms with van der Waals surface area (Å²) >= 11 is 0. The van der Waals surface area contributed by atoms with E-state index in [-0.39, 0.29) is 34.7 Å². The molecular formula is C25H27FN4O6S. The van der Waals surface area contributed by atoms with Crippen molar-refractivity contribution in [1.29, 1.82) is 0 Å². The molecule has 0 radical (unpaired) electrons. The van der Waals surface area contributed by atoms with Gasteiger partial charge in [0.25, 0.3) is 0 Å². The molecule has 3 aromatic rings. The maximum absolute atomic E-state index is 15.3. The minimum Gasteiger partial charge on any atom is -0.422 e. The number of carbonyl (C=O) groups excluding carboxylic acids is 1. The molecule has 1 aromatic carbocycles. The molecular weight excluding hydrogens is 503 g/mol. The predicted molar refractivity (Wildman–Crippen MR) is 135 cm³/mol. The van der Waals surface area contributed by atoms with Gasteiger partial charge in [-0.3, -0.25) is 9.62 Å². The standard InChI is InChI=1S/C25H27FN4O6S/c1-29(2)25(32)35-16-4-7-18-20(14-30-10-3-11-30)19(24(31)36-21(18)13-16)12-15-8-9-27-23(22(15)26)28-37(33,34)17-5-6-17/h4,7-9,13,17H,3,5-6,10-12,14H2,1-2H3,(H,27,28). The zero-order valence-corrected chi connectivity index (χ0v) is 21.3. The molecule has 12 heteroatoms. The number of sulfonamides is 1. The molecule has 1 aliphatic carbocycles. The predicted octanol–water partition coefficient (Wildman–Crippen LogP) is 3.09. The Hall–Kier alpha value is -3.51. The monoisotopic (exact) mass is 530 g/mol. The minimum atomic E-state index is -3.71. The average Bonchev–Trinajstić information content (AvgIpc) is 3.66. The van der Waals surface area contributed by atoms with E-state index < -0.39 is 32.8 Å². The second kappa shape index (κ2) is 9.75. The zero-order valence-electron chi connectivity index (χ0n) is 20.5. The van der Waals surface area contributed by atoms with Crippen molar-refractivity contribution in [2.75, 3.05) is 31.9 Å². The molecule has 0 unspecified atom stereocenters. The first-order valence-electron chi connectivity index (χ1n) is 12.0. The van der Waals surface area contributed by atoms with Crippen molar-refractivity contribution in [3.05, 3.63) is 63.4 Å². The number of halogens is 1. The summed E-state index contributed by atoms with van der Waals surface area (Å²) < 4.78 is 53.1. The molecule has 37 heavy (non-hydrogen) atoms. The molecule has 5 rings (SSSR count). The molecule has 196 valence electrons. The number of nitrogens with zero attached hydrogens (tertiary/aromatic N) is 3. The summed E-state index contributed by atoms with van der Waals surface area (Å²) in [5, 5.41) is 0.116. The van der Waals surface area contributed by atoms with Gasteiger partial charge in [0, 0.05) is 50.3 Å². The molecule has 2 aliphatic rings. The Morgan fingerprint density at radius 1 is 1.24 bits per heavy atom. The van der Waals surface area contributed by atoms with E-state index in [2.05, 4.69) is 14.6 Å². The lowest BCUT2D eigenvalue weighted by molar-refractivity contribution is 0.171. The highest BCUT2D eigenvalue weighted by Crippen LogP contribution is 2.32. The van der Waals surface area contributed by atoms with Crippen LogP contribution in [0.5, 0.6) is 5.75 Å². The fraction of sp³-hybridized carbons (Fsp3) is 0.400. The van der Waals surface area contributed by atoms with Gasteiger partial charge in [0.2, 0.25) is 10.0 Å². The topological polar surface area (TPSA) is 122 Å². The van der Waals surface area contributed by atoms with Crippen LogP contribution in [0, 0.1) is 5.82 Å². The van der Waals surface area contributed by atoms with Crippen LogP contribution in [-0.4, -0.2) is 61.7 Å². The molecule has 10 nitrogen and oxygen atoms in total. The molecule has 0 bridgehead atoms. The Balaban J connectivity index is 1.53. The lowest BCUT2D eigenvalue weighted by atomic mass is 9.97. The van der Waals surface area contributed by atoms with E-state index in [0.29, 0.717) is 30.3 Å². The molecule has 1 N–H and O–H groups in total. The number of hydrogen-bond acceptors (Lipinski definition) is 8. The van der Waals surface area contributed by atoms with Crippen LogP contribution >= 0.6 is 0 Å². The largest absolute Gasteiger partial charge is 0.422 e. The van der Waals surface area contributed by atoms with Gasteiger partial charge in [-0.25, -0.2) is 27.4 Å². The number of benzene rings is 1. The van der Waals surface area contributed by atoms with Crippen LogP contribution in [0.25, 0.3) is 11.0 Å². The molecule has 0 spiro atoms. The fourth-order valence-electron chi connectivity index (χ4n) is 4.14. The minimum absolute atomic E-state index is 0.106. The molecule has 2 aromatic heterocycles. The third-order valence-corrected chi connectivity index (χ3v) is 8.36. The number of nitrogens with one attached hydrogen (secondary N) is 1. The van der Waals surface area contributed by atoms with Gasteiger partial charge in [0.05, 0.1) is 5.25 Å². The average molecular weight is 531 g/mol. The zero-order chi connectivity index (χ0) is 26.3. The van der Waals surface area contributed by atoms with Crippen molar-refractivity contribution in [3.63, 3.8) is 0 Å². The number of anilines is 1. The third-order valence-electron chi connectivity index (χ3n) is 6.53. The lowest BCUT2D eigenvalue weighted by Crippen LogP contribution is -2.37. The molecule has 1 saturated heterocycles. The van der Waals surface area contributed by atoms with Crippen LogP contribution < -0.4 is 15.1 Å². The first-order valence-corrected chi connectivity index (χ1v) is 13.5. The number of hydrogen-bond donors (Lipinski definition) is 1. The van der Waals surface area contributed by atoms with Gasteiger partial charge in [-0.15, -0.1) is 0 Å². The van der Waals surface area contributed by atoms with Gasteiger partial charge in [0.15, 0.2) is 11.6 Å². The summed E-state index contributed by atoms with van der Waals surface area (Å²) in [6.07, 6.45) is 2.75. The third kappa shape index (κ3) is 5.30. The van der Waals surface area contributed by atoms with Crippen LogP contribution in [0.3, 0.4) is 0 Å². The molecule has 1 amide bonds. The number of fused-ring (bicyclic) bond motifs is 1. The Morgan fingerprint density at radius 2 is 2.00 bits per heavy atom. The van der Waals surface area contributed by atoms with E-state index in [0.717, 1.165) is 19.5 Å². The van der Waals surface area contributed by atoms with Gasteiger partial charge in [-0.1, -0.05) is 0 Å². The van der Waals surface area contributed by atoms with Gasteiger partial charge < -0.3 is 14.1 Å². The Bertz CT molecular complexity index is 1530.